The number of hydrogen-bond donors (Lipinski definition) is 1. The molecule has 0 saturated carbocycles. The first kappa shape index (κ1) is 12.5. The quantitative estimate of drug-likeness (QED) is 0.915. The van der Waals surface area contributed by atoms with Gasteiger partial charge in [-0.15, -0.1) is 11.3 Å². The van der Waals surface area contributed by atoms with Crippen LogP contribution in [0.15, 0.2) is 23.8 Å². The third-order valence-electron chi connectivity index (χ3n) is 2.61. The van der Waals surface area contributed by atoms with E-state index in [4.69, 9.17) is 5.11 Å². The monoisotopic (exact) mass is 263 g/mol. The highest BCUT2D eigenvalue weighted by Crippen LogP contribution is 2.18. The summed E-state index contributed by atoms with van der Waals surface area (Å²) >= 11 is 1.61. The Bertz CT molecular complexity index is 551. The van der Waals surface area contributed by atoms with Gasteiger partial charge in [0, 0.05) is 18.1 Å². The zero-order valence-electron chi connectivity index (χ0n) is 10.1. The van der Waals surface area contributed by atoms with Crippen LogP contribution >= 0.6 is 11.3 Å². The van der Waals surface area contributed by atoms with Crippen LogP contribution in [0.4, 0.5) is 5.82 Å². The number of carboxylic acids is 1. The van der Waals surface area contributed by atoms with Crippen molar-refractivity contribution in [2.75, 3.05) is 11.9 Å². The molecule has 18 heavy (non-hydrogen) atoms. The van der Waals surface area contributed by atoms with Crippen LogP contribution in [0.25, 0.3) is 0 Å². The largest absolute Gasteiger partial charge is 0.478 e. The van der Waals surface area contributed by atoms with Crippen molar-refractivity contribution >= 4 is 23.1 Å². The Kier molecular flexibility index (Phi) is 3.57. The Balaban J connectivity index is 2.12. The van der Waals surface area contributed by atoms with Crippen LogP contribution in [0, 0.1) is 6.92 Å². The molecule has 0 radical (unpaired) electrons. The molecule has 2 aromatic heterocycles. The molecule has 2 aromatic rings. The summed E-state index contributed by atoms with van der Waals surface area (Å²) in [5.41, 5.74) is 3.04. The summed E-state index contributed by atoms with van der Waals surface area (Å²) in [6.45, 7) is 2.69. The number of hydrogen-bond acceptors (Lipinski definition) is 5. The predicted molar refractivity (Wildman–Crippen MR) is 70.2 cm³/mol. The Labute approximate surface area is 109 Å². The Morgan fingerprint density at radius 1 is 1.44 bits per heavy atom. The van der Waals surface area contributed by atoms with Crippen molar-refractivity contribution in [3.63, 3.8) is 0 Å². The normalized spacial score (nSPS) is 10.3. The van der Waals surface area contributed by atoms with Crippen molar-refractivity contribution in [2.24, 2.45) is 0 Å². The molecular formula is C12H13N3O2S. The fraction of sp³-hybridized carbons (Fsp3) is 0.250. The third kappa shape index (κ3) is 2.65. The molecule has 0 fully saturated rings. The number of pyridine rings is 1. The molecule has 6 heteroatoms. The van der Waals surface area contributed by atoms with Crippen molar-refractivity contribution in [3.8, 4) is 0 Å². The van der Waals surface area contributed by atoms with Crippen LogP contribution in [0.3, 0.4) is 0 Å². The molecule has 2 heterocycles. The molecule has 5 nitrogen and oxygen atoms in total. The highest BCUT2D eigenvalue weighted by atomic mass is 32.1. The predicted octanol–water partition coefficient (Wildman–Crippen LogP) is 2.18. The maximum absolute atomic E-state index is 10.7. The fourth-order valence-electron chi connectivity index (χ4n) is 1.51. The molecular weight excluding hydrogens is 250 g/mol. The first-order valence-electron chi connectivity index (χ1n) is 5.37. The number of anilines is 1. The van der Waals surface area contributed by atoms with Crippen LogP contribution in [-0.2, 0) is 6.54 Å². The van der Waals surface area contributed by atoms with Gasteiger partial charge in [-0.2, -0.15) is 0 Å². The van der Waals surface area contributed by atoms with Gasteiger partial charge in [-0.05, 0) is 19.1 Å². The summed E-state index contributed by atoms with van der Waals surface area (Å²) in [7, 11) is 1.92. The number of carboxylic acid groups (broad SMARTS) is 1. The summed E-state index contributed by atoms with van der Waals surface area (Å²) in [4.78, 5) is 22.2. The minimum atomic E-state index is -0.963. The Morgan fingerprint density at radius 2 is 2.22 bits per heavy atom. The van der Waals surface area contributed by atoms with Gasteiger partial charge in [0.25, 0.3) is 0 Å². The Hall–Kier alpha value is -1.95. The lowest BCUT2D eigenvalue weighted by Crippen LogP contribution is -2.17. The molecule has 0 bridgehead atoms. The third-order valence-corrected chi connectivity index (χ3v) is 3.53. The van der Waals surface area contributed by atoms with Crippen LogP contribution < -0.4 is 4.90 Å². The number of aromatic carboxylic acids is 1. The van der Waals surface area contributed by atoms with Crippen molar-refractivity contribution in [1.29, 1.82) is 0 Å². The number of aromatic nitrogens is 2. The molecule has 0 aliphatic heterocycles. The topological polar surface area (TPSA) is 66.3 Å². The van der Waals surface area contributed by atoms with E-state index in [0.29, 0.717) is 0 Å². The second kappa shape index (κ2) is 5.14. The average Bonchev–Trinajstić information content (AvgIpc) is 2.75. The van der Waals surface area contributed by atoms with E-state index >= 15 is 0 Å². The lowest BCUT2D eigenvalue weighted by Gasteiger charge is -2.17. The Morgan fingerprint density at radius 3 is 2.72 bits per heavy atom. The second-order valence-corrected chi connectivity index (χ2v) is 4.87. The molecule has 0 unspecified atom stereocenters. The van der Waals surface area contributed by atoms with Crippen molar-refractivity contribution in [1.82, 2.24) is 9.97 Å². The van der Waals surface area contributed by atoms with E-state index in [1.165, 1.54) is 11.1 Å². The molecule has 0 aromatic carbocycles. The standard InChI is InChI=1S/C12H13N3O2S/c1-8-10(18-7-14-8)6-15(2)11-4-3-9(5-13-11)12(16)17/h3-5,7H,6H2,1-2H3,(H,16,17). The van der Waals surface area contributed by atoms with E-state index in [-0.39, 0.29) is 5.56 Å². The lowest BCUT2D eigenvalue weighted by molar-refractivity contribution is 0.0696. The number of aryl methyl sites for hydroxylation is 1. The highest BCUT2D eigenvalue weighted by Gasteiger charge is 2.09. The van der Waals surface area contributed by atoms with Gasteiger partial charge in [0.2, 0.25) is 0 Å². The van der Waals surface area contributed by atoms with Crippen molar-refractivity contribution in [2.45, 2.75) is 13.5 Å². The van der Waals surface area contributed by atoms with Gasteiger partial charge in [0.1, 0.15) is 5.82 Å². The van der Waals surface area contributed by atoms with Crippen LogP contribution in [0.1, 0.15) is 20.9 Å². The van der Waals surface area contributed by atoms with Crippen LogP contribution in [0.2, 0.25) is 0 Å². The molecule has 1 N–H and O–H groups in total. The number of nitrogens with zero attached hydrogens (tertiary/aromatic N) is 3. The van der Waals surface area contributed by atoms with Crippen LogP contribution in [-0.4, -0.2) is 28.1 Å². The molecule has 0 amide bonds. The van der Waals surface area contributed by atoms with Gasteiger partial charge in [0.05, 0.1) is 23.3 Å². The molecule has 0 spiro atoms. The van der Waals surface area contributed by atoms with Crippen molar-refractivity contribution in [3.05, 3.63) is 40.0 Å². The molecule has 94 valence electrons. The maximum Gasteiger partial charge on any atom is 0.337 e. The summed E-state index contributed by atoms with van der Waals surface area (Å²) in [5, 5.41) is 8.80. The summed E-state index contributed by atoms with van der Waals surface area (Å²) in [5.74, 6) is -0.220. The van der Waals surface area contributed by atoms with E-state index in [1.807, 2.05) is 24.4 Å². The number of carbonyl (C=O) groups is 1. The van der Waals surface area contributed by atoms with Crippen LogP contribution in [0.5, 0.6) is 0 Å². The van der Waals surface area contributed by atoms with Gasteiger partial charge in [-0.3, -0.25) is 0 Å². The van der Waals surface area contributed by atoms with Gasteiger partial charge >= 0.3 is 5.97 Å². The van der Waals surface area contributed by atoms with Gasteiger partial charge in [0.15, 0.2) is 0 Å². The average molecular weight is 263 g/mol. The molecule has 0 atom stereocenters. The summed E-state index contributed by atoms with van der Waals surface area (Å²) < 4.78 is 0. The minimum Gasteiger partial charge on any atom is -0.478 e. The fourth-order valence-corrected chi connectivity index (χ4v) is 2.34. The summed E-state index contributed by atoms with van der Waals surface area (Å²) in [6.07, 6.45) is 1.37. The van der Waals surface area contributed by atoms with E-state index in [0.717, 1.165) is 18.1 Å². The van der Waals surface area contributed by atoms with E-state index in [9.17, 15) is 4.79 Å². The number of thiazole rings is 1. The lowest BCUT2D eigenvalue weighted by atomic mass is 10.3. The van der Waals surface area contributed by atoms with E-state index in [2.05, 4.69) is 9.97 Å². The second-order valence-electron chi connectivity index (χ2n) is 3.93. The first-order valence-corrected chi connectivity index (χ1v) is 6.25. The SMILES string of the molecule is Cc1ncsc1CN(C)c1ccc(C(=O)O)cn1. The zero-order chi connectivity index (χ0) is 13.1. The smallest absolute Gasteiger partial charge is 0.337 e. The maximum atomic E-state index is 10.7. The van der Waals surface area contributed by atoms with Gasteiger partial charge in [-0.1, -0.05) is 0 Å². The van der Waals surface area contributed by atoms with E-state index < -0.39 is 5.97 Å². The highest BCUT2D eigenvalue weighted by molar-refractivity contribution is 7.09. The van der Waals surface area contributed by atoms with Crippen molar-refractivity contribution < 1.29 is 9.90 Å². The minimum absolute atomic E-state index is 0.195. The van der Waals surface area contributed by atoms with Gasteiger partial charge in [-0.25, -0.2) is 14.8 Å². The zero-order valence-corrected chi connectivity index (χ0v) is 10.9. The summed E-state index contributed by atoms with van der Waals surface area (Å²) in [6, 6.07) is 3.26. The number of rotatable bonds is 4. The molecule has 0 saturated heterocycles. The molecule has 0 aliphatic rings. The molecule has 2 rings (SSSR count). The van der Waals surface area contributed by atoms with E-state index in [1.54, 1.807) is 23.5 Å². The molecule has 0 aliphatic carbocycles. The van der Waals surface area contributed by atoms with Gasteiger partial charge < -0.3 is 10.0 Å². The first-order chi connectivity index (χ1) is 8.58.